The fourth-order valence-corrected chi connectivity index (χ4v) is 2.31. The third-order valence-electron chi connectivity index (χ3n) is 3.00. The Balaban J connectivity index is 2.19. The van der Waals surface area contributed by atoms with Crippen molar-refractivity contribution in [2.24, 2.45) is 0 Å². The van der Waals surface area contributed by atoms with Crippen molar-refractivity contribution in [3.8, 4) is 0 Å². The third kappa shape index (κ3) is 3.02. The van der Waals surface area contributed by atoms with Gasteiger partial charge in [0.2, 0.25) is 0 Å². The SMILES string of the molecule is Cc1ccc(C(C)Nc2ccnc(Cl)c2)c(C)c1. The lowest BCUT2D eigenvalue weighted by atomic mass is 10.0. The van der Waals surface area contributed by atoms with Gasteiger partial charge in [0.25, 0.3) is 0 Å². The molecule has 94 valence electrons. The van der Waals surface area contributed by atoms with Crippen LogP contribution in [-0.4, -0.2) is 4.98 Å². The molecule has 1 N–H and O–H groups in total. The highest BCUT2D eigenvalue weighted by atomic mass is 35.5. The van der Waals surface area contributed by atoms with Gasteiger partial charge < -0.3 is 5.32 Å². The Morgan fingerprint density at radius 3 is 2.61 bits per heavy atom. The van der Waals surface area contributed by atoms with Crippen LogP contribution in [0.15, 0.2) is 36.5 Å². The lowest BCUT2D eigenvalue weighted by Crippen LogP contribution is -2.08. The molecular weight excluding hydrogens is 244 g/mol. The quantitative estimate of drug-likeness (QED) is 0.821. The zero-order valence-corrected chi connectivity index (χ0v) is 11.6. The van der Waals surface area contributed by atoms with Crippen molar-refractivity contribution in [3.63, 3.8) is 0 Å². The molecule has 0 bridgehead atoms. The molecule has 0 aliphatic rings. The smallest absolute Gasteiger partial charge is 0.131 e. The predicted molar refractivity (Wildman–Crippen MR) is 77.2 cm³/mol. The van der Waals surface area contributed by atoms with Crippen molar-refractivity contribution < 1.29 is 0 Å². The number of rotatable bonds is 3. The lowest BCUT2D eigenvalue weighted by Gasteiger charge is -2.18. The van der Waals surface area contributed by atoms with Crippen molar-refractivity contribution in [2.45, 2.75) is 26.8 Å². The third-order valence-corrected chi connectivity index (χ3v) is 3.21. The summed E-state index contributed by atoms with van der Waals surface area (Å²) in [5.74, 6) is 0. The monoisotopic (exact) mass is 260 g/mol. The Morgan fingerprint density at radius 2 is 1.94 bits per heavy atom. The van der Waals surface area contributed by atoms with Crippen molar-refractivity contribution in [3.05, 3.63) is 58.4 Å². The summed E-state index contributed by atoms with van der Waals surface area (Å²) in [6, 6.07) is 10.5. The Bertz CT molecular complexity index is 552. The van der Waals surface area contributed by atoms with Crippen LogP contribution < -0.4 is 5.32 Å². The van der Waals surface area contributed by atoms with E-state index in [9.17, 15) is 0 Å². The molecular formula is C15H17ClN2. The summed E-state index contributed by atoms with van der Waals surface area (Å²) in [6.07, 6.45) is 1.71. The first kappa shape index (κ1) is 12.9. The number of nitrogens with one attached hydrogen (secondary N) is 1. The van der Waals surface area contributed by atoms with E-state index in [1.165, 1.54) is 16.7 Å². The normalized spacial score (nSPS) is 12.2. The molecule has 1 atom stereocenters. The zero-order chi connectivity index (χ0) is 13.1. The van der Waals surface area contributed by atoms with Gasteiger partial charge in [-0.3, -0.25) is 0 Å². The van der Waals surface area contributed by atoms with Crippen LogP contribution in [0.5, 0.6) is 0 Å². The van der Waals surface area contributed by atoms with Gasteiger partial charge in [-0.05, 0) is 44.0 Å². The van der Waals surface area contributed by atoms with Gasteiger partial charge in [0.1, 0.15) is 5.15 Å². The number of anilines is 1. The van der Waals surface area contributed by atoms with Gasteiger partial charge in [-0.15, -0.1) is 0 Å². The van der Waals surface area contributed by atoms with Crippen LogP contribution in [0.2, 0.25) is 5.15 Å². The molecule has 0 saturated heterocycles. The van der Waals surface area contributed by atoms with Crippen molar-refractivity contribution >= 4 is 17.3 Å². The molecule has 0 amide bonds. The standard InChI is InChI=1S/C15H17ClN2/c1-10-4-5-14(11(2)8-10)12(3)18-13-6-7-17-15(16)9-13/h4-9,12H,1-3H3,(H,17,18). The average Bonchev–Trinajstić information content (AvgIpc) is 2.28. The molecule has 0 saturated carbocycles. The van der Waals surface area contributed by atoms with E-state index in [1.54, 1.807) is 6.20 Å². The van der Waals surface area contributed by atoms with E-state index in [0.717, 1.165) is 5.69 Å². The Kier molecular flexibility index (Phi) is 3.87. The second-order valence-corrected chi connectivity index (χ2v) is 4.98. The van der Waals surface area contributed by atoms with E-state index in [4.69, 9.17) is 11.6 Å². The number of aromatic nitrogens is 1. The molecule has 0 aliphatic heterocycles. The maximum Gasteiger partial charge on any atom is 0.131 e. The minimum atomic E-state index is 0.240. The summed E-state index contributed by atoms with van der Waals surface area (Å²) >= 11 is 5.88. The summed E-state index contributed by atoms with van der Waals surface area (Å²) in [4.78, 5) is 3.97. The maximum atomic E-state index is 5.88. The summed E-state index contributed by atoms with van der Waals surface area (Å²) in [5, 5.41) is 3.94. The van der Waals surface area contributed by atoms with Crippen LogP contribution in [-0.2, 0) is 0 Å². The molecule has 1 heterocycles. The van der Waals surface area contributed by atoms with Gasteiger partial charge in [0, 0.05) is 17.9 Å². The Morgan fingerprint density at radius 1 is 1.17 bits per heavy atom. The van der Waals surface area contributed by atoms with Crippen molar-refractivity contribution in [1.29, 1.82) is 0 Å². The predicted octanol–water partition coefficient (Wildman–Crippen LogP) is 4.52. The Hall–Kier alpha value is -1.54. The topological polar surface area (TPSA) is 24.9 Å². The van der Waals surface area contributed by atoms with Gasteiger partial charge in [0.15, 0.2) is 0 Å². The molecule has 1 aromatic heterocycles. The van der Waals surface area contributed by atoms with Crippen LogP contribution in [0.4, 0.5) is 5.69 Å². The summed E-state index contributed by atoms with van der Waals surface area (Å²) in [7, 11) is 0. The molecule has 18 heavy (non-hydrogen) atoms. The van der Waals surface area contributed by atoms with Crippen LogP contribution >= 0.6 is 11.6 Å². The second-order valence-electron chi connectivity index (χ2n) is 4.59. The number of hydrogen-bond donors (Lipinski definition) is 1. The number of nitrogens with zero attached hydrogens (tertiary/aromatic N) is 1. The maximum absolute atomic E-state index is 5.88. The van der Waals surface area contributed by atoms with E-state index in [-0.39, 0.29) is 6.04 Å². The van der Waals surface area contributed by atoms with Gasteiger partial charge in [-0.25, -0.2) is 4.98 Å². The molecule has 0 spiro atoms. The first-order valence-corrected chi connectivity index (χ1v) is 6.39. The zero-order valence-electron chi connectivity index (χ0n) is 10.9. The Labute approximate surface area is 113 Å². The number of aryl methyl sites for hydroxylation is 2. The fourth-order valence-electron chi connectivity index (χ4n) is 2.13. The molecule has 0 fully saturated rings. The molecule has 3 heteroatoms. The van der Waals surface area contributed by atoms with E-state index in [2.05, 4.69) is 49.3 Å². The van der Waals surface area contributed by atoms with Crippen LogP contribution in [0.1, 0.15) is 29.7 Å². The molecule has 1 aromatic carbocycles. The van der Waals surface area contributed by atoms with Gasteiger partial charge in [0.05, 0.1) is 0 Å². The van der Waals surface area contributed by atoms with Crippen LogP contribution in [0.25, 0.3) is 0 Å². The number of pyridine rings is 1. The largest absolute Gasteiger partial charge is 0.378 e. The molecule has 2 aromatic rings. The average molecular weight is 261 g/mol. The van der Waals surface area contributed by atoms with Gasteiger partial charge >= 0.3 is 0 Å². The molecule has 2 nitrogen and oxygen atoms in total. The fraction of sp³-hybridized carbons (Fsp3) is 0.267. The minimum Gasteiger partial charge on any atom is -0.378 e. The van der Waals surface area contributed by atoms with Gasteiger partial charge in [-0.2, -0.15) is 0 Å². The van der Waals surface area contributed by atoms with E-state index < -0.39 is 0 Å². The first-order chi connectivity index (χ1) is 8.56. The van der Waals surface area contributed by atoms with Gasteiger partial charge in [-0.1, -0.05) is 35.4 Å². The second kappa shape index (κ2) is 5.40. The van der Waals surface area contributed by atoms with Crippen molar-refractivity contribution in [1.82, 2.24) is 4.98 Å². The summed E-state index contributed by atoms with van der Waals surface area (Å²) in [6.45, 7) is 6.39. The van der Waals surface area contributed by atoms with E-state index in [0.29, 0.717) is 5.15 Å². The highest BCUT2D eigenvalue weighted by Crippen LogP contribution is 2.23. The highest BCUT2D eigenvalue weighted by Gasteiger charge is 2.08. The number of hydrogen-bond acceptors (Lipinski definition) is 2. The van der Waals surface area contributed by atoms with Crippen LogP contribution in [0, 0.1) is 13.8 Å². The molecule has 1 unspecified atom stereocenters. The van der Waals surface area contributed by atoms with Crippen LogP contribution in [0.3, 0.4) is 0 Å². The summed E-state index contributed by atoms with van der Waals surface area (Å²) < 4.78 is 0. The van der Waals surface area contributed by atoms with E-state index >= 15 is 0 Å². The minimum absolute atomic E-state index is 0.240. The van der Waals surface area contributed by atoms with E-state index in [1.807, 2.05) is 12.1 Å². The molecule has 2 rings (SSSR count). The number of halogens is 1. The lowest BCUT2D eigenvalue weighted by molar-refractivity contribution is 0.872. The summed E-state index contributed by atoms with van der Waals surface area (Å²) in [5.41, 5.74) is 4.88. The van der Waals surface area contributed by atoms with Crippen molar-refractivity contribution in [2.75, 3.05) is 5.32 Å². The number of benzene rings is 1. The highest BCUT2D eigenvalue weighted by molar-refractivity contribution is 6.29. The molecule has 0 radical (unpaired) electrons. The first-order valence-electron chi connectivity index (χ1n) is 6.01. The molecule has 0 aliphatic carbocycles.